The van der Waals surface area contributed by atoms with E-state index in [1.165, 1.54) is 38.5 Å². The summed E-state index contributed by atoms with van der Waals surface area (Å²) in [6.07, 6.45) is 9.65. The van der Waals surface area contributed by atoms with E-state index in [0.29, 0.717) is 5.69 Å². The third-order valence-electron chi connectivity index (χ3n) is 6.60. The van der Waals surface area contributed by atoms with Crippen LogP contribution in [0.1, 0.15) is 60.3 Å². The highest BCUT2D eigenvalue weighted by Crippen LogP contribution is 2.60. The predicted octanol–water partition coefficient (Wildman–Crippen LogP) is 3.64. The maximum Gasteiger partial charge on any atom is 0.291 e. The topological polar surface area (TPSA) is 70.1 Å². The van der Waals surface area contributed by atoms with Crippen molar-refractivity contribution in [2.24, 2.45) is 22.9 Å². The van der Waals surface area contributed by atoms with Gasteiger partial charge in [-0.1, -0.05) is 30.3 Å². The molecule has 26 heavy (non-hydrogen) atoms. The summed E-state index contributed by atoms with van der Waals surface area (Å²) in [4.78, 5) is 12.4. The fraction of sp³-hybridized carbons (Fsp3) is 0.476. The Morgan fingerprint density at radius 1 is 1.12 bits per heavy atom. The first kappa shape index (κ1) is 15.8. The minimum Gasteiger partial charge on any atom is -0.281 e. The zero-order chi connectivity index (χ0) is 17.6. The van der Waals surface area contributed by atoms with Gasteiger partial charge in [0.1, 0.15) is 0 Å². The molecule has 6 rings (SSSR count). The molecule has 1 aromatic carbocycles. The number of nitrogens with zero attached hydrogens (tertiary/aromatic N) is 2. The van der Waals surface area contributed by atoms with Crippen molar-refractivity contribution in [2.75, 3.05) is 0 Å². The minimum absolute atomic E-state index is 0.230. The van der Waals surface area contributed by atoms with E-state index in [1.807, 2.05) is 36.4 Å². The first-order chi connectivity index (χ1) is 12.7. The van der Waals surface area contributed by atoms with E-state index >= 15 is 0 Å². The van der Waals surface area contributed by atoms with Crippen LogP contribution in [0.25, 0.3) is 0 Å². The Labute approximate surface area is 153 Å². The van der Waals surface area contributed by atoms with Gasteiger partial charge in [-0.2, -0.15) is 10.2 Å². The van der Waals surface area contributed by atoms with E-state index in [9.17, 15) is 4.79 Å². The van der Waals surface area contributed by atoms with Crippen molar-refractivity contribution in [3.8, 4) is 0 Å². The number of benzene rings is 1. The Bertz CT molecular complexity index is 803. The zero-order valence-corrected chi connectivity index (χ0v) is 14.8. The molecule has 4 aliphatic rings. The van der Waals surface area contributed by atoms with Gasteiger partial charge in [-0.25, -0.2) is 5.43 Å². The van der Waals surface area contributed by atoms with Crippen LogP contribution in [0.2, 0.25) is 0 Å². The molecule has 2 N–H and O–H groups in total. The van der Waals surface area contributed by atoms with Gasteiger partial charge in [0, 0.05) is 11.1 Å². The number of aromatic amines is 1. The van der Waals surface area contributed by atoms with Gasteiger partial charge in [0.05, 0.1) is 6.21 Å². The van der Waals surface area contributed by atoms with Crippen molar-refractivity contribution in [3.05, 3.63) is 53.3 Å². The number of carbonyl (C=O) groups excluding carboxylic acids is 1. The SMILES string of the molecule is O=C(N/N=C\c1ccccc1)c1cc(C23CC4CC(CC(C4)C2)C3)[nH]n1. The van der Waals surface area contributed by atoms with Crippen LogP contribution >= 0.6 is 0 Å². The smallest absolute Gasteiger partial charge is 0.281 e. The quantitative estimate of drug-likeness (QED) is 0.654. The molecule has 134 valence electrons. The molecule has 5 nitrogen and oxygen atoms in total. The molecule has 0 radical (unpaired) electrons. The van der Waals surface area contributed by atoms with Crippen LogP contribution < -0.4 is 5.43 Å². The summed E-state index contributed by atoms with van der Waals surface area (Å²) in [5, 5.41) is 11.5. The molecular formula is C21H24N4O. The Hall–Kier alpha value is -2.43. The zero-order valence-electron chi connectivity index (χ0n) is 14.8. The number of carbonyl (C=O) groups is 1. The molecule has 0 aliphatic heterocycles. The standard InChI is InChI=1S/C21H24N4O/c26-20(25-22-13-14-4-2-1-3-5-14)18-9-19(24-23-18)21-10-15-6-16(11-21)8-17(7-15)12-21/h1-5,9,13,15-17H,6-8,10-12H2,(H,23,24)(H,25,26)/b22-13-. The third-order valence-corrected chi connectivity index (χ3v) is 6.60. The number of hydrogen-bond donors (Lipinski definition) is 2. The van der Waals surface area contributed by atoms with Crippen LogP contribution in [0, 0.1) is 17.8 Å². The monoisotopic (exact) mass is 348 g/mol. The summed E-state index contributed by atoms with van der Waals surface area (Å²) >= 11 is 0. The first-order valence-electron chi connectivity index (χ1n) is 9.64. The van der Waals surface area contributed by atoms with Gasteiger partial charge in [-0.05, 0) is 67.9 Å². The first-order valence-corrected chi connectivity index (χ1v) is 9.64. The highest BCUT2D eigenvalue weighted by atomic mass is 16.2. The van der Waals surface area contributed by atoms with Crippen LogP contribution in [0.4, 0.5) is 0 Å². The number of hydrazone groups is 1. The molecule has 1 heterocycles. The number of H-pyrrole nitrogens is 1. The van der Waals surface area contributed by atoms with E-state index in [4.69, 9.17) is 0 Å². The number of nitrogens with one attached hydrogen (secondary N) is 2. The number of hydrogen-bond acceptors (Lipinski definition) is 3. The van der Waals surface area contributed by atoms with Crippen LogP contribution in [-0.2, 0) is 5.41 Å². The average molecular weight is 348 g/mol. The molecule has 4 aliphatic carbocycles. The summed E-state index contributed by atoms with van der Waals surface area (Å²) in [5.41, 5.74) is 5.35. The molecule has 5 heteroatoms. The van der Waals surface area contributed by atoms with Gasteiger partial charge in [0.25, 0.3) is 5.91 Å². The molecule has 1 amide bonds. The van der Waals surface area contributed by atoms with Crippen LogP contribution in [0.3, 0.4) is 0 Å². The van der Waals surface area contributed by atoms with E-state index in [0.717, 1.165) is 29.0 Å². The number of aromatic nitrogens is 2. The lowest BCUT2D eigenvalue weighted by molar-refractivity contribution is -0.00721. The van der Waals surface area contributed by atoms with Crippen molar-refractivity contribution in [3.63, 3.8) is 0 Å². The summed E-state index contributed by atoms with van der Waals surface area (Å²) in [7, 11) is 0. The van der Waals surface area contributed by atoms with Gasteiger partial charge >= 0.3 is 0 Å². The van der Waals surface area contributed by atoms with E-state index in [-0.39, 0.29) is 11.3 Å². The molecule has 4 bridgehead atoms. The molecule has 0 spiro atoms. The molecule has 4 saturated carbocycles. The van der Waals surface area contributed by atoms with Crippen LogP contribution in [0.15, 0.2) is 41.5 Å². The summed E-state index contributed by atoms with van der Waals surface area (Å²) in [6.45, 7) is 0. The Morgan fingerprint density at radius 3 is 2.42 bits per heavy atom. The van der Waals surface area contributed by atoms with Gasteiger partial charge in [-0.3, -0.25) is 9.89 Å². The number of rotatable bonds is 4. The predicted molar refractivity (Wildman–Crippen MR) is 99.9 cm³/mol. The lowest BCUT2D eigenvalue weighted by atomic mass is 9.49. The van der Waals surface area contributed by atoms with Crippen molar-refractivity contribution in [2.45, 2.75) is 43.9 Å². The fourth-order valence-electron chi connectivity index (χ4n) is 5.91. The summed E-state index contributed by atoms with van der Waals surface area (Å²) < 4.78 is 0. The minimum atomic E-state index is -0.260. The van der Waals surface area contributed by atoms with Gasteiger partial charge in [0.2, 0.25) is 0 Å². The van der Waals surface area contributed by atoms with Crippen molar-refractivity contribution < 1.29 is 4.79 Å². The van der Waals surface area contributed by atoms with Crippen molar-refractivity contribution >= 4 is 12.1 Å². The molecule has 0 atom stereocenters. The van der Waals surface area contributed by atoms with Gasteiger partial charge < -0.3 is 0 Å². The van der Waals surface area contributed by atoms with Crippen LogP contribution in [0.5, 0.6) is 0 Å². The fourth-order valence-corrected chi connectivity index (χ4v) is 5.91. The van der Waals surface area contributed by atoms with E-state index < -0.39 is 0 Å². The Balaban J connectivity index is 1.29. The largest absolute Gasteiger partial charge is 0.291 e. The Kier molecular flexibility index (Phi) is 3.69. The van der Waals surface area contributed by atoms with E-state index in [1.54, 1.807) is 6.21 Å². The Morgan fingerprint density at radius 2 is 1.77 bits per heavy atom. The maximum atomic E-state index is 12.4. The normalized spacial score (nSPS) is 32.2. The maximum absolute atomic E-state index is 12.4. The third kappa shape index (κ3) is 2.75. The highest BCUT2D eigenvalue weighted by Gasteiger charge is 2.52. The lowest BCUT2D eigenvalue weighted by Gasteiger charge is -2.56. The molecule has 1 aromatic heterocycles. The molecular weight excluding hydrogens is 324 g/mol. The highest BCUT2D eigenvalue weighted by molar-refractivity contribution is 5.93. The van der Waals surface area contributed by atoms with Crippen LogP contribution in [-0.4, -0.2) is 22.3 Å². The number of amides is 1. The average Bonchev–Trinajstić information content (AvgIpc) is 3.13. The molecule has 4 fully saturated rings. The van der Waals surface area contributed by atoms with E-state index in [2.05, 4.69) is 20.7 Å². The lowest BCUT2D eigenvalue weighted by Crippen LogP contribution is -2.48. The van der Waals surface area contributed by atoms with Crippen molar-refractivity contribution in [1.82, 2.24) is 15.6 Å². The van der Waals surface area contributed by atoms with Crippen molar-refractivity contribution in [1.29, 1.82) is 0 Å². The second-order valence-electron chi connectivity index (χ2n) is 8.47. The second kappa shape index (κ2) is 6.08. The second-order valence-corrected chi connectivity index (χ2v) is 8.47. The molecule has 2 aromatic rings. The summed E-state index contributed by atoms with van der Waals surface area (Å²) in [5.74, 6) is 2.36. The molecule has 0 saturated heterocycles. The van der Waals surface area contributed by atoms with Gasteiger partial charge in [-0.15, -0.1) is 0 Å². The summed E-state index contributed by atoms with van der Waals surface area (Å²) in [6, 6.07) is 11.7. The van der Waals surface area contributed by atoms with Gasteiger partial charge in [0.15, 0.2) is 5.69 Å². The molecule has 0 unspecified atom stereocenters.